The first-order valence-electron chi connectivity index (χ1n) is 5.53. The second kappa shape index (κ2) is 3.81. The summed E-state index contributed by atoms with van der Waals surface area (Å²) in [5, 5.41) is 10.0. The Labute approximate surface area is 101 Å². The third kappa shape index (κ3) is 2.12. The molecule has 0 N–H and O–H groups in total. The summed E-state index contributed by atoms with van der Waals surface area (Å²) in [6.07, 6.45) is 0. The summed E-state index contributed by atoms with van der Waals surface area (Å²) in [5.41, 5.74) is 1.11. The van der Waals surface area contributed by atoms with Crippen molar-refractivity contribution in [3.8, 4) is 11.8 Å². The number of nitriles is 1. The highest BCUT2D eigenvalue weighted by Crippen LogP contribution is 2.29. The number of rotatable bonds is 2. The number of benzene rings is 1. The first-order chi connectivity index (χ1) is 7.93. The van der Waals surface area contributed by atoms with E-state index in [9.17, 15) is 0 Å². The van der Waals surface area contributed by atoms with E-state index in [-0.39, 0.29) is 0 Å². The zero-order valence-electron chi connectivity index (χ0n) is 10.5. The number of nitrogens with zero attached hydrogens (tertiary/aromatic N) is 1. The van der Waals surface area contributed by atoms with E-state index < -0.39 is 5.60 Å². The molecule has 0 saturated carbocycles. The SMILES string of the molecule is Cc1oc2cc(OC(C)(C)C#N)ccc2c1C. The van der Waals surface area contributed by atoms with E-state index in [1.54, 1.807) is 13.8 Å². The molecule has 88 valence electrons. The summed E-state index contributed by atoms with van der Waals surface area (Å²) in [7, 11) is 0. The van der Waals surface area contributed by atoms with Gasteiger partial charge in [-0.05, 0) is 45.4 Å². The maximum atomic E-state index is 8.92. The van der Waals surface area contributed by atoms with Crippen LogP contribution >= 0.6 is 0 Å². The first-order valence-corrected chi connectivity index (χ1v) is 5.53. The molecule has 3 nitrogen and oxygen atoms in total. The fraction of sp³-hybridized carbons (Fsp3) is 0.357. The summed E-state index contributed by atoms with van der Waals surface area (Å²) < 4.78 is 11.2. The minimum absolute atomic E-state index is 0.651. The van der Waals surface area contributed by atoms with Gasteiger partial charge in [-0.15, -0.1) is 0 Å². The highest BCUT2D eigenvalue weighted by atomic mass is 16.5. The molecule has 0 fully saturated rings. The van der Waals surface area contributed by atoms with Gasteiger partial charge in [0.15, 0.2) is 5.60 Å². The second-order valence-corrected chi connectivity index (χ2v) is 4.67. The highest BCUT2D eigenvalue weighted by Gasteiger charge is 2.19. The van der Waals surface area contributed by atoms with Gasteiger partial charge in [-0.25, -0.2) is 0 Å². The quantitative estimate of drug-likeness (QED) is 0.788. The van der Waals surface area contributed by atoms with E-state index >= 15 is 0 Å². The number of hydrogen-bond donors (Lipinski definition) is 0. The summed E-state index contributed by atoms with van der Waals surface area (Å²) in [5.74, 6) is 1.56. The molecule has 1 aromatic carbocycles. The Balaban J connectivity index is 2.43. The topological polar surface area (TPSA) is 46.2 Å². The normalized spacial score (nSPS) is 11.5. The molecule has 0 amide bonds. The number of furan rings is 1. The molecule has 0 radical (unpaired) electrons. The van der Waals surface area contributed by atoms with Crippen LogP contribution < -0.4 is 4.74 Å². The lowest BCUT2D eigenvalue weighted by Crippen LogP contribution is -2.25. The van der Waals surface area contributed by atoms with Crippen LogP contribution in [0.1, 0.15) is 25.2 Å². The minimum atomic E-state index is -0.829. The van der Waals surface area contributed by atoms with Crippen molar-refractivity contribution in [1.82, 2.24) is 0 Å². The van der Waals surface area contributed by atoms with Crippen LogP contribution in [0.5, 0.6) is 5.75 Å². The van der Waals surface area contributed by atoms with Gasteiger partial charge >= 0.3 is 0 Å². The molecule has 0 bridgehead atoms. The Hall–Kier alpha value is -1.95. The Kier molecular flexibility index (Phi) is 2.59. The van der Waals surface area contributed by atoms with Crippen molar-refractivity contribution in [3.05, 3.63) is 29.5 Å². The third-order valence-corrected chi connectivity index (χ3v) is 2.79. The van der Waals surface area contributed by atoms with Crippen molar-refractivity contribution in [2.24, 2.45) is 0 Å². The van der Waals surface area contributed by atoms with Crippen molar-refractivity contribution >= 4 is 11.0 Å². The van der Waals surface area contributed by atoms with Crippen molar-refractivity contribution < 1.29 is 9.15 Å². The average molecular weight is 229 g/mol. The van der Waals surface area contributed by atoms with Gasteiger partial charge in [0, 0.05) is 11.5 Å². The van der Waals surface area contributed by atoms with Crippen LogP contribution in [0, 0.1) is 25.2 Å². The van der Waals surface area contributed by atoms with Gasteiger partial charge in [-0.3, -0.25) is 0 Å². The molecular weight excluding hydrogens is 214 g/mol. The smallest absolute Gasteiger partial charge is 0.188 e. The molecule has 1 aromatic heterocycles. The molecule has 0 aliphatic heterocycles. The van der Waals surface area contributed by atoms with Crippen molar-refractivity contribution in [2.75, 3.05) is 0 Å². The van der Waals surface area contributed by atoms with Gasteiger partial charge in [0.05, 0.1) is 0 Å². The molecule has 1 heterocycles. The molecular formula is C14H15NO2. The van der Waals surface area contributed by atoms with Crippen LogP contribution in [0.25, 0.3) is 11.0 Å². The third-order valence-electron chi connectivity index (χ3n) is 2.79. The largest absolute Gasteiger partial charge is 0.473 e. The molecule has 0 aliphatic carbocycles. The monoisotopic (exact) mass is 229 g/mol. The Morgan fingerprint density at radius 1 is 1.29 bits per heavy atom. The predicted molar refractivity (Wildman–Crippen MR) is 66.0 cm³/mol. The summed E-state index contributed by atoms with van der Waals surface area (Å²) in [6, 6.07) is 7.76. The number of ether oxygens (including phenoxy) is 1. The van der Waals surface area contributed by atoms with Gasteiger partial charge in [-0.1, -0.05) is 0 Å². The Morgan fingerprint density at radius 3 is 2.65 bits per heavy atom. The lowest BCUT2D eigenvalue weighted by molar-refractivity contribution is 0.170. The summed E-state index contributed by atoms with van der Waals surface area (Å²) in [6.45, 7) is 7.43. The van der Waals surface area contributed by atoms with Gasteiger partial charge in [0.2, 0.25) is 0 Å². The second-order valence-electron chi connectivity index (χ2n) is 4.67. The molecule has 2 aromatic rings. The lowest BCUT2D eigenvalue weighted by Gasteiger charge is -2.17. The van der Waals surface area contributed by atoms with E-state index in [0.29, 0.717) is 5.75 Å². The van der Waals surface area contributed by atoms with Gasteiger partial charge in [0.1, 0.15) is 23.2 Å². The van der Waals surface area contributed by atoms with Crippen LogP contribution in [0.15, 0.2) is 22.6 Å². The molecule has 0 atom stereocenters. The van der Waals surface area contributed by atoms with E-state index in [2.05, 4.69) is 6.07 Å². The van der Waals surface area contributed by atoms with Crippen LogP contribution in [0.3, 0.4) is 0 Å². The fourth-order valence-electron chi connectivity index (χ4n) is 1.71. The maximum Gasteiger partial charge on any atom is 0.188 e. The van der Waals surface area contributed by atoms with E-state index in [1.165, 1.54) is 0 Å². The zero-order chi connectivity index (χ0) is 12.6. The van der Waals surface area contributed by atoms with E-state index in [0.717, 1.165) is 22.3 Å². The van der Waals surface area contributed by atoms with Crippen molar-refractivity contribution in [3.63, 3.8) is 0 Å². The average Bonchev–Trinajstić information content (AvgIpc) is 2.54. The number of fused-ring (bicyclic) bond motifs is 1. The molecule has 0 unspecified atom stereocenters. The zero-order valence-corrected chi connectivity index (χ0v) is 10.5. The van der Waals surface area contributed by atoms with Crippen molar-refractivity contribution in [1.29, 1.82) is 5.26 Å². The van der Waals surface area contributed by atoms with Gasteiger partial charge in [0.25, 0.3) is 0 Å². The first kappa shape index (κ1) is 11.5. The molecule has 0 spiro atoms. The molecule has 0 aliphatic rings. The standard InChI is InChI=1S/C14H15NO2/c1-9-10(2)16-13-7-11(5-6-12(9)13)17-14(3,4)8-15/h5-7H,1-4H3. The maximum absolute atomic E-state index is 8.92. The van der Waals surface area contributed by atoms with Crippen LogP contribution in [-0.4, -0.2) is 5.60 Å². The minimum Gasteiger partial charge on any atom is -0.473 e. The fourth-order valence-corrected chi connectivity index (χ4v) is 1.71. The Morgan fingerprint density at radius 2 is 2.00 bits per heavy atom. The van der Waals surface area contributed by atoms with Crippen LogP contribution in [-0.2, 0) is 0 Å². The van der Waals surface area contributed by atoms with E-state index in [4.69, 9.17) is 14.4 Å². The Bertz CT molecular complexity index is 602. The predicted octanol–water partition coefficient (Wildman–Crippen LogP) is 3.73. The van der Waals surface area contributed by atoms with Gasteiger partial charge in [-0.2, -0.15) is 5.26 Å². The molecule has 2 rings (SSSR count). The van der Waals surface area contributed by atoms with Crippen LogP contribution in [0.4, 0.5) is 0 Å². The number of aryl methyl sites for hydroxylation is 2. The molecule has 3 heteroatoms. The number of hydrogen-bond acceptors (Lipinski definition) is 3. The highest BCUT2D eigenvalue weighted by molar-refractivity contribution is 5.83. The van der Waals surface area contributed by atoms with E-state index in [1.807, 2.05) is 32.0 Å². The van der Waals surface area contributed by atoms with Gasteiger partial charge < -0.3 is 9.15 Å². The van der Waals surface area contributed by atoms with Crippen molar-refractivity contribution in [2.45, 2.75) is 33.3 Å². The molecule has 17 heavy (non-hydrogen) atoms. The summed E-state index contributed by atoms with van der Waals surface area (Å²) >= 11 is 0. The summed E-state index contributed by atoms with van der Waals surface area (Å²) in [4.78, 5) is 0. The van der Waals surface area contributed by atoms with Crippen LogP contribution in [0.2, 0.25) is 0 Å². The lowest BCUT2D eigenvalue weighted by atomic mass is 10.1. The molecule has 0 saturated heterocycles.